The van der Waals surface area contributed by atoms with Crippen LogP contribution in [0.4, 0.5) is 0 Å². The van der Waals surface area contributed by atoms with Gasteiger partial charge in [0.25, 0.3) is 5.91 Å². The minimum absolute atomic E-state index is 0.225. The molecule has 0 aliphatic rings. The minimum Gasteiger partial charge on any atom is -0.496 e. The Bertz CT molecular complexity index is 653. The smallest absolute Gasteiger partial charge is 0.255 e. The lowest BCUT2D eigenvalue weighted by Gasteiger charge is -2.12. The molecule has 2 rings (SSSR count). The lowest BCUT2D eigenvalue weighted by Crippen LogP contribution is -2.25. The highest BCUT2D eigenvalue weighted by molar-refractivity contribution is 6.31. The standard InChI is InChI=1S/C16H20ClN3O2/c1-11(2)9-20-10-18-7-13(20)8-19-16(21)14-6-12(17)4-5-15(14)22-3/h4-7,10-11H,8-9H2,1-3H3,(H,19,21). The van der Waals surface area contributed by atoms with Gasteiger partial charge in [-0.15, -0.1) is 0 Å². The maximum atomic E-state index is 12.3. The van der Waals surface area contributed by atoms with Gasteiger partial charge in [0, 0.05) is 17.8 Å². The van der Waals surface area contributed by atoms with E-state index in [1.807, 2.05) is 4.57 Å². The molecule has 0 bridgehead atoms. The van der Waals surface area contributed by atoms with Crippen LogP contribution in [0.15, 0.2) is 30.7 Å². The first-order valence-electron chi connectivity index (χ1n) is 7.12. The largest absolute Gasteiger partial charge is 0.496 e. The van der Waals surface area contributed by atoms with Crippen molar-refractivity contribution in [3.8, 4) is 5.75 Å². The second kappa shape index (κ2) is 7.31. The summed E-state index contributed by atoms with van der Waals surface area (Å²) in [6.45, 7) is 5.55. The van der Waals surface area contributed by atoms with E-state index in [9.17, 15) is 4.79 Å². The van der Waals surface area contributed by atoms with Gasteiger partial charge >= 0.3 is 0 Å². The molecular weight excluding hydrogens is 302 g/mol. The summed E-state index contributed by atoms with van der Waals surface area (Å²) in [5.41, 5.74) is 1.38. The van der Waals surface area contributed by atoms with Crippen molar-refractivity contribution in [1.29, 1.82) is 0 Å². The summed E-state index contributed by atoms with van der Waals surface area (Å²) in [6.07, 6.45) is 3.54. The highest BCUT2D eigenvalue weighted by Crippen LogP contribution is 2.22. The summed E-state index contributed by atoms with van der Waals surface area (Å²) in [7, 11) is 1.53. The number of amides is 1. The molecule has 1 aromatic carbocycles. The fraction of sp³-hybridized carbons (Fsp3) is 0.375. The summed E-state index contributed by atoms with van der Waals surface area (Å²) in [6, 6.07) is 4.97. The first-order chi connectivity index (χ1) is 10.5. The molecular formula is C16H20ClN3O2. The van der Waals surface area contributed by atoms with Crippen LogP contribution in [0, 0.1) is 5.92 Å². The quantitative estimate of drug-likeness (QED) is 0.889. The van der Waals surface area contributed by atoms with E-state index in [2.05, 4.69) is 24.1 Å². The Morgan fingerprint density at radius 2 is 2.23 bits per heavy atom. The van der Waals surface area contributed by atoms with Crippen LogP contribution in [-0.4, -0.2) is 22.6 Å². The molecule has 0 atom stereocenters. The van der Waals surface area contributed by atoms with Gasteiger partial charge in [-0.05, 0) is 24.1 Å². The van der Waals surface area contributed by atoms with Crippen molar-refractivity contribution in [3.63, 3.8) is 0 Å². The van der Waals surface area contributed by atoms with Gasteiger partial charge in [0.1, 0.15) is 5.75 Å². The lowest BCUT2D eigenvalue weighted by molar-refractivity contribution is 0.0947. The van der Waals surface area contributed by atoms with Crippen molar-refractivity contribution < 1.29 is 9.53 Å². The van der Waals surface area contributed by atoms with Crippen LogP contribution < -0.4 is 10.1 Å². The molecule has 0 unspecified atom stereocenters. The number of hydrogen-bond acceptors (Lipinski definition) is 3. The SMILES string of the molecule is COc1ccc(Cl)cc1C(=O)NCc1cncn1CC(C)C. The maximum absolute atomic E-state index is 12.3. The molecule has 0 aliphatic heterocycles. The zero-order valence-corrected chi connectivity index (χ0v) is 13.7. The van der Waals surface area contributed by atoms with E-state index in [1.54, 1.807) is 30.7 Å². The molecule has 0 radical (unpaired) electrons. The molecule has 0 saturated heterocycles. The van der Waals surface area contributed by atoms with Gasteiger partial charge in [-0.1, -0.05) is 25.4 Å². The lowest BCUT2D eigenvalue weighted by atomic mass is 10.2. The van der Waals surface area contributed by atoms with Gasteiger partial charge in [0.05, 0.1) is 31.2 Å². The van der Waals surface area contributed by atoms with Crippen LogP contribution in [0.5, 0.6) is 5.75 Å². The first-order valence-corrected chi connectivity index (χ1v) is 7.49. The third-order valence-corrected chi connectivity index (χ3v) is 3.43. The molecule has 5 nitrogen and oxygen atoms in total. The monoisotopic (exact) mass is 321 g/mol. The molecule has 1 heterocycles. The molecule has 0 fully saturated rings. The van der Waals surface area contributed by atoms with Crippen molar-refractivity contribution in [2.45, 2.75) is 26.9 Å². The summed E-state index contributed by atoms with van der Waals surface area (Å²) in [5, 5.41) is 3.37. The zero-order chi connectivity index (χ0) is 16.1. The number of rotatable bonds is 6. The number of methoxy groups -OCH3 is 1. The third-order valence-electron chi connectivity index (χ3n) is 3.20. The molecule has 0 spiro atoms. The van der Waals surface area contributed by atoms with Crippen molar-refractivity contribution in [1.82, 2.24) is 14.9 Å². The summed E-state index contributed by atoms with van der Waals surface area (Å²) < 4.78 is 7.24. The fourth-order valence-electron chi connectivity index (χ4n) is 2.18. The number of imidazole rings is 1. The topological polar surface area (TPSA) is 56.1 Å². The van der Waals surface area contributed by atoms with Crippen molar-refractivity contribution >= 4 is 17.5 Å². The number of benzene rings is 1. The van der Waals surface area contributed by atoms with Crippen molar-refractivity contribution in [2.24, 2.45) is 5.92 Å². The number of nitrogens with zero attached hydrogens (tertiary/aromatic N) is 2. The van der Waals surface area contributed by atoms with Crippen LogP contribution in [0.2, 0.25) is 5.02 Å². The Balaban J connectivity index is 2.07. The fourth-order valence-corrected chi connectivity index (χ4v) is 2.35. The number of ether oxygens (including phenoxy) is 1. The van der Waals surface area contributed by atoms with Crippen LogP contribution in [0.25, 0.3) is 0 Å². The van der Waals surface area contributed by atoms with Gasteiger partial charge in [-0.2, -0.15) is 0 Å². The molecule has 6 heteroatoms. The number of halogens is 1. The van der Waals surface area contributed by atoms with E-state index in [0.717, 1.165) is 12.2 Å². The molecule has 0 saturated carbocycles. The van der Waals surface area contributed by atoms with E-state index in [0.29, 0.717) is 28.8 Å². The normalized spacial score (nSPS) is 10.8. The Labute approximate surface area is 135 Å². The Morgan fingerprint density at radius 3 is 2.91 bits per heavy atom. The van der Waals surface area contributed by atoms with Crippen LogP contribution >= 0.6 is 11.6 Å². The van der Waals surface area contributed by atoms with Crippen molar-refractivity contribution in [2.75, 3.05) is 7.11 Å². The average Bonchev–Trinajstić information content (AvgIpc) is 2.91. The number of hydrogen-bond donors (Lipinski definition) is 1. The average molecular weight is 322 g/mol. The van der Waals surface area contributed by atoms with Gasteiger partial charge < -0.3 is 14.6 Å². The van der Waals surface area contributed by atoms with E-state index in [-0.39, 0.29) is 5.91 Å². The van der Waals surface area contributed by atoms with Gasteiger partial charge in [-0.3, -0.25) is 4.79 Å². The molecule has 1 amide bonds. The third kappa shape index (κ3) is 4.01. The second-order valence-electron chi connectivity index (χ2n) is 5.46. The first kappa shape index (κ1) is 16.4. The van der Waals surface area contributed by atoms with E-state index in [4.69, 9.17) is 16.3 Å². The maximum Gasteiger partial charge on any atom is 0.255 e. The van der Waals surface area contributed by atoms with Crippen LogP contribution in [0.1, 0.15) is 29.9 Å². The van der Waals surface area contributed by atoms with Gasteiger partial charge in [0.15, 0.2) is 0 Å². The highest BCUT2D eigenvalue weighted by Gasteiger charge is 2.13. The van der Waals surface area contributed by atoms with Gasteiger partial charge in [0.2, 0.25) is 0 Å². The highest BCUT2D eigenvalue weighted by atomic mass is 35.5. The minimum atomic E-state index is -0.225. The Hall–Kier alpha value is -2.01. The number of nitrogens with one attached hydrogen (secondary N) is 1. The molecule has 1 aromatic heterocycles. The second-order valence-corrected chi connectivity index (χ2v) is 5.89. The number of aromatic nitrogens is 2. The van der Waals surface area contributed by atoms with Crippen molar-refractivity contribution in [3.05, 3.63) is 47.0 Å². The summed E-state index contributed by atoms with van der Waals surface area (Å²) >= 11 is 5.95. The van der Waals surface area contributed by atoms with E-state index < -0.39 is 0 Å². The predicted octanol–water partition coefficient (Wildman–Crippen LogP) is 3.13. The molecule has 0 aliphatic carbocycles. The van der Waals surface area contributed by atoms with Crippen LogP contribution in [0.3, 0.4) is 0 Å². The van der Waals surface area contributed by atoms with Crippen LogP contribution in [-0.2, 0) is 13.1 Å². The van der Waals surface area contributed by atoms with Gasteiger partial charge in [-0.25, -0.2) is 4.98 Å². The Kier molecular flexibility index (Phi) is 5.44. The molecule has 118 valence electrons. The number of carbonyl (C=O) groups is 1. The molecule has 2 aromatic rings. The number of carbonyl (C=O) groups excluding carboxylic acids is 1. The van der Waals surface area contributed by atoms with E-state index >= 15 is 0 Å². The predicted molar refractivity (Wildman–Crippen MR) is 86.2 cm³/mol. The summed E-state index contributed by atoms with van der Waals surface area (Å²) in [5.74, 6) is 0.783. The molecule has 1 N–H and O–H groups in total. The Morgan fingerprint density at radius 1 is 1.45 bits per heavy atom. The molecule has 22 heavy (non-hydrogen) atoms. The summed E-state index contributed by atoms with van der Waals surface area (Å²) in [4.78, 5) is 16.5. The van der Waals surface area contributed by atoms with E-state index in [1.165, 1.54) is 7.11 Å². The zero-order valence-electron chi connectivity index (χ0n) is 13.0.